The van der Waals surface area contributed by atoms with Crippen LogP contribution in [0.2, 0.25) is 0 Å². The van der Waals surface area contributed by atoms with Gasteiger partial charge in [-0.15, -0.1) is 0 Å². The third-order valence-electron chi connectivity index (χ3n) is 2.68. The van der Waals surface area contributed by atoms with E-state index in [0.29, 0.717) is 6.04 Å². The minimum atomic E-state index is -1.82. The molecule has 0 saturated carbocycles. The molecule has 122 valence electrons. The van der Waals surface area contributed by atoms with Crippen LogP contribution >= 0.6 is 0 Å². The SMILES string of the molecule is C[C@H](c1ccc[cH-]1)N(C)C.O=C(O)C(=O)O.[Fe+2].c1cc[cH-]c1. The van der Waals surface area contributed by atoms with Gasteiger partial charge in [0.05, 0.1) is 0 Å². The Balaban J connectivity index is 0. The normalized spacial score (nSPS) is 10.2. The van der Waals surface area contributed by atoms with Crippen molar-refractivity contribution in [2.45, 2.75) is 13.0 Å². The summed E-state index contributed by atoms with van der Waals surface area (Å²) < 4.78 is 0. The maximum Gasteiger partial charge on any atom is 2.00 e. The standard InChI is InChI=1S/C9H14N.C5H5.C2H2O4.Fe/c1-8(10(2)3)9-6-4-5-7-9;1-2-4-5-3-1;3-1(4)2(5)6;/h4-8H,1-3H3;1-5H;(H,3,4)(H,5,6);/q2*-1;;+2/t8-;;;/m1.../s1. The molecule has 2 N–H and O–H groups in total. The van der Waals surface area contributed by atoms with Crippen molar-refractivity contribution >= 4 is 11.9 Å². The van der Waals surface area contributed by atoms with Crippen LogP contribution in [0.4, 0.5) is 0 Å². The monoisotopic (exact) mass is 347 g/mol. The van der Waals surface area contributed by atoms with Crippen LogP contribution in [-0.2, 0) is 26.7 Å². The van der Waals surface area contributed by atoms with E-state index in [1.807, 2.05) is 30.3 Å². The molecule has 6 heteroatoms. The molecule has 0 fully saturated rings. The van der Waals surface area contributed by atoms with Crippen molar-refractivity contribution in [2.75, 3.05) is 14.1 Å². The molecule has 0 radical (unpaired) electrons. The Kier molecular flexibility index (Phi) is 13.1. The fourth-order valence-electron chi connectivity index (χ4n) is 1.29. The summed E-state index contributed by atoms with van der Waals surface area (Å²) in [5, 5.41) is 14.8. The molecular weight excluding hydrogens is 326 g/mol. The summed E-state index contributed by atoms with van der Waals surface area (Å²) in [6.07, 6.45) is 0. The number of rotatable bonds is 2. The molecule has 1 atom stereocenters. The topological polar surface area (TPSA) is 77.8 Å². The first-order valence-electron chi connectivity index (χ1n) is 6.37. The summed E-state index contributed by atoms with van der Waals surface area (Å²) >= 11 is 0. The summed E-state index contributed by atoms with van der Waals surface area (Å²) in [4.78, 5) is 20.4. The summed E-state index contributed by atoms with van der Waals surface area (Å²) in [5.74, 6) is -3.65. The number of hydrogen-bond acceptors (Lipinski definition) is 3. The molecule has 0 saturated heterocycles. The van der Waals surface area contributed by atoms with Crippen LogP contribution in [0.5, 0.6) is 0 Å². The van der Waals surface area contributed by atoms with Crippen LogP contribution < -0.4 is 0 Å². The van der Waals surface area contributed by atoms with Crippen molar-refractivity contribution in [1.82, 2.24) is 4.90 Å². The van der Waals surface area contributed by atoms with Gasteiger partial charge >= 0.3 is 29.0 Å². The Morgan fingerprint density at radius 3 is 1.77 bits per heavy atom. The van der Waals surface area contributed by atoms with Gasteiger partial charge in [0.15, 0.2) is 0 Å². The van der Waals surface area contributed by atoms with Gasteiger partial charge in [-0.3, -0.25) is 0 Å². The van der Waals surface area contributed by atoms with Gasteiger partial charge in [-0.05, 0) is 21.0 Å². The molecule has 0 aromatic heterocycles. The second kappa shape index (κ2) is 12.8. The molecule has 0 bridgehead atoms. The third kappa shape index (κ3) is 10.9. The fraction of sp³-hybridized carbons (Fsp3) is 0.250. The Morgan fingerprint density at radius 2 is 1.55 bits per heavy atom. The minimum absolute atomic E-state index is 0. The molecule has 0 heterocycles. The van der Waals surface area contributed by atoms with E-state index < -0.39 is 11.9 Å². The van der Waals surface area contributed by atoms with E-state index in [2.05, 4.69) is 50.2 Å². The zero-order valence-electron chi connectivity index (χ0n) is 12.8. The molecule has 0 aliphatic rings. The van der Waals surface area contributed by atoms with Gasteiger partial charge in [0, 0.05) is 6.04 Å². The molecular formula is C16H21FeNO4. The molecule has 5 nitrogen and oxygen atoms in total. The van der Waals surface area contributed by atoms with Crippen molar-refractivity contribution in [3.05, 3.63) is 60.2 Å². The van der Waals surface area contributed by atoms with Crippen LogP contribution in [0.3, 0.4) is 0 Å². The number of carbonyl (C=O) groups is 2. The number of carboxylic acid groups (broad SMARTS) is 2. The summed E-state index contributed by atoms with van der Waals surface area (Å²) in [7, 11) is 4.19. The molecule has 22 heavy (non-hydrogen) atoms. The van der Waals surface area contributed by atoms with E-state index >= 15 is 0 Å². The Bertz CT molecular complexity index is 463. The first kappa shape index (κ1) is 22.4. The Hall–Kier alpha value is -1.88. The largest absolute Gasteiger partial charge is 2.00 e. The minimum Gasteiger partial charge on any atom is -0.473 e. The average Bonchev–Trinajstić information content (AvgIpc) is 3.14. The molecule has 0 aliphatic carbocycles. The fourth-order valence-corrected chi connectivity index (χ4v) is 1.29. The second-order valence-corrected chi connectivity index (χ2v) is 4.43. The molecule has 2 aromatic rings. The van der Waals surface area contributed by atoms with Crippen LogP contribution in [0.15, 0.2) is 54.6 Å². The molecule has 0 spiro atoms. The van der Waals surface area contributed by atoms with Crippen molar-refractivity contribution in [2.24, 2.45) is 0 Å². The maximum absolute atomic E-state index is 9.10. The molecule has 0 aliphatic heterocycles. The first-order chi connectivity index (χ1) is 9.86. The van der Waals surface area contributed by atoms with Crippen molar-refractivity contribution in [3.63, 3.8) is 0 Å². The van der Waals surface area contributed by atoms with Crippen molar-refractivity contribution < 1.29 is 36.9 Å². The third-order valence-corrected chi connectivity index (χ3v) is 2.68. The van der Waals surface area contributed by atoms with E-state index in [1.165, 1.54) is 5.56 Å². The predicted molar refractivity (Wildman–Crippen MR) is 81.4 cm³/mol. The number of carboxylic acids is 2. The van der Waals surface area contributed by atoms with Gasteiger partial charge < -0.3 is 15.1 Å². The van der Waals surface area contributed by atoms with Gasteiger partial charge in [0.2, 0.25) is 0 Å². The number of nitrogens with zero attached hydrogens (tertiary/aromatic N) is 1. The van der Waals surface area contributed by atoms with Crippen molar-refractivity contribution in [3.8, 4) is 0 Å². The summed E-state index contributed by atoms with van der Waals surface area (Å²) in [6.45, 7) is 2.20. The number of aliphatic carboxylic acids is 2. The van der Waals surface area contributed by atoms with Gasteiger partial charge in [0.25, 0.3) is 0 Å². The van der Waals surface area contributed by atoms with E-state index in [-0.39, 0.29) is 17.1 Å². The number of hydrogen-bond donors (Lipinski definition) is 2. The van der Waals surface area contributed by atoms with Crippen LogP contribution in [-0.4, -0.2) is 41.1 Å². The molecule has 0 amide bonds. The zero-order valence-corrected chi connectivity index (χ0v) is 13.9. The molecule has 2 aromatic carbocycles. The zero-order chi connectivity index (χ0) is 16.3. The van der Waals surface area contributed by atoms with Gasteiger partial charge in [-0.25, -0.2) is 33.9 Å². The van der Waals surface area contributed by atoms with Crippen LogP contribution in [0.25, 0.3) is 0 Å². The van der Waals surface area contributed by atoms with Gasteiger partial charge in [-0.2, -0.15) is 35.9 Å². The molecule has 2 rings (SSSR count). The van der Waals surface area contributed by atoms with E-state index in [1.54, 1.807) is 0 Å². The molecule has 0 unspecified atom stereocenters. The smallest absolute Gasteiger partial charge is 0.473 e. The van der Waals surface area contributed by atoms with Gasteiger partial charge in [0.1, 0.15) is 0 Å². The van der Waals surface area contributed by atoms with Gasteiger partial charge in [-0.1, -0.05) is 0 Å². The Morgan fingerprint density at radius 1 is 1.05 bits per heavy atom. The van der Waals surface area contributed by atoms with E-state index in [0.717, 1.165) is 0 Å². The maximum atomic E-state index is 9.10. The van der Waals surface area contributed by atoms with Crippen molar-refractivity contribution in [1.29, 1.82) is 0 Å². The Labute approximate surface area is 141 Å². The average molecular weight is 347 g/mol. The quantitative estimate of drug-likeness (QED) is 0.496. The van der Waals surface area contributed by atoms with Crippen LogP contribution in [0.1, 0.15) is 18.5 Å². The summed E-state index contributed by atoms with van der Waals surface area (Å²) in [5.41, 5.74) is 1.39. The second-order valence-electron chi connectivity index (χ2n) is 4.43. The first-order valence-corrected chi connectivity index (χ1v) is 6.37. The van der Waals surface area contributed by atoms with E-state index in [4.69, 9.17) is 19.8 Å². The predicted octanol–water partition coefficient (Wildman–Crippen LogP) is 2.59. The van der Waals surface area contributed by atoms with E-state index in [9.17, 15) is 0 Å². The van der Waals surface area contributed by atoms with Crippen LogP contribution in [0, 0.1) is 0 Å². The summed E-state index contributed by atoms with van der Waals surface area (Å²) in [6, 6.07) is 19.0.